The highest BCUT2D eigenvalue weighted by atomic mass is 16.5. The molecule has 0 unspecified atom stereocenters. The lowest BCUT2D eigenvalue weighted by Crippen LogP contribution is -2.30. The Hall–Kier alpha value is -3.68. The van der Waals surface area contributed by atoms with E-state index in [1.807, 2.05) is 0 Å². The molecule has 0 spiro atoms. The van der Waals surface area contributed by atoms with Gasteiger partial charge in [0.2, 0.25) is 11.8 Å². The van der Waals surface area contributed by atoms with Crippen LogP contribution in [-0.4, -0.2) is 29.8 Å². The molecule has 0 aromatic heterocycles. The summed E-state index contributed by atoms with van der Waals surface area (Å²) < 4.78 is 5.14. The Kier molecular flexibility index (Phi) is 6.27. The fraction of sp³-hybridized carbons (Fsp3) is 0.158. The van der Waals surface area contributed by atoms with Crippen LogP contribution in [-0.2, 0) is 14.3 Å². The molecule has 4 N–H and O–H groups in total. The fourth-order valence-corrected chi connectivity index (χ4v) is 2.14. The van der Waals surface area contributed by atoms with Gasteiger partial charge in [-0.05, 0) is 55.5 Å². The Labute approximate surface area is 155 Å². The number of carbonyl (C=O) groups excluding carboxylic acids is 4. The van der Waals surface area contributed by atoms with Gasteiger partial charge in [-0.1, -0.05) is 0 Å². The average molecular weight is 369 g/mol. The second kappa shape index (κ2) is 8.61. The van der Waals surface area contributed by atoms with Crippen LogP contribution in [0.1, 0.15) is 34.6 Å². The summed E-state index contributed by atoms with van der Waals surface area (Å²) in [5.74, 6) is -1.99. The molecular formula is C19H19N3O5. The minimum atomic E-state index is -1.04. The summed E-state index contributed by atoms with van der Waals surface area (Å²) in [5.41, 5.74) is 6.70. The zero-order valence-electron chi connectivity index (χ0n) is 14.8. The first-order valence-corrected chi connectivity index (χ1v) is 8.05. The quantitative estimate of drug-likeness (QED) is 0.670. The van der Waals surface area contributed by atoms with Crippen LogP contribution in [0.15, 0.2) is 48.5 Å². The van der Waals surface area contributed by atoms with E-state index in [0.717, 1.165) is 0 Å². The first-order valence-electron chi connectivity index (χ1n) is 8.05. The number of nitrogens with one attached hydrogen (secondary N) is 2. The number of nitrogens with two attached hydrogens (primary N) is 1. The SMILES string of the molecule is CC(=O)Nc1ccc(C(=O)O[C@@H](C)C(=O)Nc2ccc(C(N)=O)cc2)cc1. The highest BCUT2D eigenvalue weighted by Crippen LogP contribution is 2.13. The third-order valence-corrected chi connectivity index (χ3v) is 3.53. The molecule has 0 saturated carbocycles. The maximum atomic E-state index is 12.1. The molecule has 8 nitrogen and oxygen atoms in total. The van der Waals surface area contributed by atoms with Gasteiger partial charge in [0.25, 0.3) is 5.91 Å². The molecule has 0 saturated heterocycles. The molecule has 0 radical (unpaired) electrons. The Balaban J connectivity index is 1.93. The van der Waals surface area contributed by atoms with E-state index < -0.39 is 23.9 Å². The number of esters is 1. The van der Waals surface area contributed by atoms with Crippen molar-refractivity contribution in [3.63, 3.8) is 0 Å². The van der Waals surface area contributed by atoms with Gasteiger partial charge in [-0.3, -0.25) is 14.4 Å². The minimum Gasteiger partial charge on any atom is -0.449 e. The van der Waals surface area contributed by atoms with E-state index in [0.29, 0.717) is 16.9 Å². The summed E-state index contributed by atoms with van der Waals surface area (Å²) in [5, 5.41) is 5.16. The number of hydrogen-bond acceptors (Lipinski definition) is 5. The van der Waals surface area contributed by atoms with Crippen LogP contribution >= 0.6 is 0 Å². The van der Waals surface area contributed by atoms with Gasteiger partial charge in [-0.25, -0.2) is 4.79 Å². The summed E-state index contributed by atoms with van der Waals surface area (Å²) in [7, 11) is 0. The van der Waals surface area contributed by atoms with Gasteiger partial charge < -0.3 is 21.1 Å². The van der Waals surface area contributed by atoms with E-state index in [9.17, 15) is 19.2 Å². The van der Waals surface area contributed by atoms with Crippen LogP contribution in [0.25, 0.3) is 0 Å². The first-order chi connectivity index (χ1) is 12.8. The summed E-state index contributed by atoms with van der Waals surface area (Å²) in [6.45, 7) is 2.82. The number of ether oxygens (including phenoxy) is 1. The first kappa shape index (κ1) is 19.6. The molecule has 0 aliphatic rings. The average Bonchev–Trinajstić information content (AvgIpc) is 2.62. The molecule has 2 rings (SSSR count). The van der Waals surface area contributed by atoms with Gasteiger partial charge in [-0.15, -0.1) is 0 Å². The van der Waals surface area contributed by atoms with Crippen LogP contribution in [0.2, 0.25) is 0 Å². The number of benzene rings is 2. The highest BCUT2D eigenvalue weighted by Gasteiger charge is 2.19. The number of anilines is 2. The number of amides is 3. The molecule has 2 aromatic carbocycles. The number of primary amides is 1. The van der Waals surface area contributed by atoms with Crippen LogP contribution in [0, 0.1) is 0 Å². The molecule has 27 heavy (non-hydrogen) atoms. The molecule has 140 valence electrons. The Morgan fingerprint density at radius 1 is 0.852 bits per heavy atom. The second-order valence-corrected chi connectivity index (χ2v) is 5.74. The Bertz CT molecular complexity index is 860. The van der Waals surface area contributed by atoms with Crippen molar-refractivity contribution in [3.8, 4) is 0 Å². The predicted molar refractivity (Wildman–Crippen MR) is 99.2 cm³/mol. The van der Waals surface area contributed by atoms with E-state index in [1.165, 1.54) is 50.2 Å². The summed E-state index contributed by atoms with van der Waals surface area (Å²) >= 11 is 0. The zero-order valence-corrected chi connectivity index (χ0v) is 14.8. The van der Waals surface area contributed by atoms with E-state index in [4.69, 9.17) is 10.5 Å². The van der Waals surface area contributed by atoms with Crippen LogP contribution in [0.3, 0.4) is 0 Å². The van der Waals surface area contributed by atoms with Crippen molar-refractivity contribution in [2.45, 2.75) is 20.0 Å². The third kappa shape index (κ3) is 5.67. The fourth-order valence-electron chi connectivity index (χ4n) is 2.14. The van der Waals surface area contributed by atoms with E-state index in [1.54, 1.807) is 12.1 Å². The van der Waals surface area contributed by atoms with Crippen LogP contribution in [0.4, 0.5) is 11.4 Å². The Morgan fingerprint density at radius 3 is 1.81 bits per heavy atom. The maximum Gasteiger partial charge on any atom is 0.338 e. The molecule has 0 aliphatic carbocycles. The minimum absolute atomic E-state index is 0.223. The van der Waals surface area contributed by atoms with Crippen LogP contribution in [0.5, 0.6) is 0 Å². The molecule has 2 aromatic rings. The topological polar surface area (TPSA) is 128 Å². The van der Waals surface area contributed by atoms with Gasteiger partial charge in [0.1, 0.15) is 0 Å². The van der Waals surface area contributed by atoms with E-state index >= 15 is 0 Å². The molecule has 0 aliphatic heterocycles. The van der Waals surface area contributed by atoms with Crippen molar-refractivity contribution in [3.05, 3.63) is 59.7 Å². The van der Waals surface area contributed by atoms with Gasteiger partial charge in [0.05, 0.1) is 5.56 Å². The lowest BCUT2D eigenvalue weighted by molar-refractivity contribution is -0.123. The smallest absolute Gasteiger partial charge is 0.338 e. The maximum absolute atomic E-state index is 12.1. The lowest BCUT2D eigenvalue weighted by Gasteiger charge is -2.14. The van der Waals surface area contributed by atoms with Gasteiger partial charge in [-0.2, -0.15) is 0 Å². The Morgan fingerprint density at radius 2 is 1.33 bits per heavy atom. The zero-order chi connectivity index (χ0) is 20.0. The monoisotopic (exact) mass is 369 g/mol. The normalized spacial score (nSPS) is 11.2. The molecule has 8 heteroatoms. The van der Waals surface area contributed by atoms with Crippen molar-refractivity contribution < 1.29 is 23.9 Å². The highest BCUT2D eigenvalue weighted by molar-refractivity contribution is 5.98. The van der Waals surface area contributed by atoms with Crippen molar-refractivity contribution in [2.24, 2.45) is 5.73 Å². The van der Waals surface area contributed by atoms with Crippen molar-refractivity contribution in [1.29, 1.82) is 0 Å². The van der Waals surface area contributed by atoms with Gasteiger partial charge in [0, 0.05) is 23.9 Å². The standard InChI is InChI=1S/C19H19N3O5/c1-11(18(25)22-16-7-3-13(4-8-16)17(20)24)27-19(26)14-5-9-15(10-6-14)21-12(2)23/h3-11H,1-2H3,(H2,20,24)(H,21,23)(H,22,25)/t11-/m0/s1. The lowest BCUT2D eigenvalue weighted by atomic mass is 10.2. The van der Waals surface area contributed by atoms with Gasteiger partial charge in [0.15, 0.2) is 6.10 Å². The van der Waals surface area contributed by atoms with E-state index in [2.05, 4.69) is 10.6 Å². The molecule has 0 heterocycles. The third-order valence-electron chi connectivity index (χ3n) is 3.53. The number of rotatable bonds is 6. The van der Waals surface area contributed by atoms with Crippen molar-refractivity contribution in [1.82, 2.24) is 0 Å². The molecule has 0 fully saturated rings. The second-order valence-electron chi connectivity index (χ2n) is 5.74. The molecule has 0 bridgehead atoms. The summed E-state index contributed by atoms with van der Waals surface area (Å²) in [6.07, 6.45) is -1.04. The largest absolute Gasteiger partial charge is 0.449 e. The molecular weight excluding hydrogens is 350 g/mol. The van der Waals surface area contributed by atoms with Crippen LogP contribution < -0.4 is 16.4 Å². The van der Waals surface area contributed by atoms with Crippen molar-refractivity contribution >= 4 is 35.1 Å². The van der Waals surface area contributed by atoms with E-state index in [-0.39, 0.29) is 11.5 Å². The van der Waals surface area contributed by atoms with Crippen molar-refractivity contribution in [2.75, 3.05) is 10.6 Å². The molecule has 1 atom stereocenters. The predicted octanol–water partition coefficient (Wildman–Crippen LogP) is 1.93. The number of hydrogen-bond donors (Lipinski definition) is 3. The van der Waals surface area contributed by atoms with Gasteiger partial charge >= 0.3 is 5.97 Å². The summed E-state index contributed by atoms with van der Waals surface area (Å²) in [6, 6.07) is 12.1. The number of carbonyl (C=O) groups is 4. The molecule has 3 amide bonds. The summed E-state index contributed by atoms with van der Waals surface area (Å²) in [4.78, 5) is 46.3.